The van der Waals surface area contributed by atoms with Crippen LogP contribution in [0.25, 0.3) is 15.9 Å². The summed E-state index contributed by atoms with van der Waals surface area (Å²) < 4.78 is 1.93. The summed E-state index contributed by atoms with van der Waals surface area (Å²) in [6.45, 7) is 7.58. The Hall–Kier alpha value is -1.97. The van der Waals surface area contributed by atoms with E-state index in [-0.39, 0.29) is 5.91 Å². The SMILES string of the molecule is CC(C)(C)[C@@H]1CCc2c(sc3ncn4c(SCC(=O)NCc5cccs5)nnc4c23)C1. The second-order valence-electron chi connectivity index (χ2n) is 9.06. The molecule has 31 heavy (non-hydrogen) atoms. The highest BCUT2D eigenvalue weighted by atomic mass is 32.2. The Bertz CT molecular complexity index is 1240. The minimum Gasteiger partial charge on any atom is -0.350 e. The summed E-state index contributed by atoms with van der Waals surface area (Å²) in [5.41, 5.74) is 2.58. The zero-order chi connectivity index (χ0) is 21.6. The van der Waals surface area contributed by atoms with Gasteiger partial charge < -0.3 is 5.32 Å². The molecule has 1 N–H and O–H groups in total. The molecule has 0 radical (unpaired) electrons. The number of carbonyl (C=O) groups is 1. The lowest BCUT2D eigenvalue weighted by Gasteiger charge is -2.33. The molecule has 0 aliphatic heterocycles. The normalized spacial score (nSPS) is 16.7. The number of thiophene rings is 2. The molecule has 0 aromatic carbocycles. The van der Waals surface area contributed by atoms with Crippen molar-refractivity contribution < 1.29 is 4.79 Å². The molecule has 0 saturated heterocycles. The first-order chi connectivity index (χ1) is 14.9. The van der Waals surface area contributed by atoms with E-state index in [0.29, 0.717) is 28.8 Å². The largest absolute Gasteiger partial charge is 0.350 e. The number of nitrogens with zero attached hydrogens (tertiary/aromatic N) is 4. The van der Waals surface area contributed by atoms with Crippen LogP contribution in [0.3, 0.4) is 0 Å². The maximum atomic E-state index is 12.2. The number of hydrogen-bond acceptors (Lipinski definition) is 7. The third-order valence-corrected chi connectivity index (χ3v) is 9.00. The van der Waals surface area contributed by atoms with E-state index in [1.807, 2.05) is 21.9 Å². The van der Waals surface area contributed by atoms with Crippen LogP contribution in [0.2, 0.25) is 0 Å². The molecule has 1 atom stereocenters. The molecule has 6 nitrogen and oxygen atoms in total. The van der Waals surface area contributed by atoms with Gasteiger partial charge in [0, 0.05) is 9.75 Å². The van der Waals surface area contributed by atoms with Gasteiger partial charge >= 0.3 is 0 Å². The van der Waals surface area contributed by atoms with Crippen LogP contribution >= 0.6 is 34.4 Å². The molecule has 4 aromatic heterocycles. The number of carbonyl (C=O) groups excluding carboxylic acids is 1. The van der Waals surface area contributed by atoms with E-state index >= 15 is 0 Å². The molecule has 0 bridgehead atoms. The summed E-state index contributed by atoms with van der Waals surface area (Å²) in [4.78, 5) is 20.6. The zero-order valence-corrected chi connectivity index (χ0v) is 20.3. The number of aromatic nitrogens is 4. The monoisotopic (exact) mass is 471 g/mol. The van der Waals surface area contributed by atoms with Crippen molar-refractivity contribution in [3.8, 4) is 0 Å². The first-order valence-electron chi connectivity index (χ1n) is 10.5. The first-order valence-corrected chi connectivity index (χ1v) is 13.1. The van der Waals surface area contributed by atoms with Crippen molar-refractivity contribution in [3.63, 3.8) is 0 Å². The van der Waals surface area contributed by atoms with Gasteiger partial charge in [0.25, 0.3) is 0 Å². The van der Waals surface area contributed by atoms with Crippen LogP contribution < -0.4 is 5.32 Å². The van der Waals surface area contributed by atoms with Crippen LogP contribution in [0.4, 0.5) is 0 Å². The second-order valence-corrected chi connectivity index (χ2v) is 12.1. The number of fused-ring (bicyclic) bond motifs is 5. The number of thioether (sulfide) groups is 1. The average molecular weight is 472 g/mol. The molecule has 0 saturated carbocycles. The molecule has 162 valence electrons. The molecule has 0 fully saturated rings. The fourth-order valence-corrected chi connectivity index (χ4v) is 6.81. The van der Waals surface area contributed by atoms with Crippen LogP contribution in [0, 0.1) is 11.3 Å². The fraction of sp³-hybridized carbons (Fsp3) is 0.455. The van der Waals surface area contributed by atoms with Crippen LogP contribution in [-0.2, 0) is 24.2 Å². The smallest absolute Gasteiger partial charge is 0.230 e. The number of rotatable bonds is 5. The van der Waals surface area contributed by atoms with Crippen LogP contribution in [-0.4, -0.2) is 31.2 Å². The second kappa shape index (κ2) is 8.18. The summed E-state index contributed by atoms with van der Waals surface area (Å²) in [5.74, 6) is 0.991. The summed E-state index contributed by atoms with van der Waals surface area (Å²) in [7, 11) is 0. The van der Waals surface area contributed by atoms with Gasteiger partial charge in [-0.25, -0.2) is 4.98 Å². The zero-order valence-electron chi connectivity index (χ0n) is 17.8. The Labute approximate surface area is 193 Å². The van der Waals surface area contributed by atoms with Crippen molar-refractivity contribution in [2.24, 2.45) is 11.3 Å². The molecule has 4 aromatic rings. The van der Waals surface area contributed by atoms with Gasteiger partial charge in [-0.1, -0.05) is 38.6 Å². The van der Waals surface area contributed by atoms with Crippen LogP contribution in [0.5, 0.6) is 0 Å². The van der Waals surface area contributed by atoms with Gasteiger partial charge in [0.05, 0.1) is 17.7 Å². The minimum atomic E-state index is -0.00896. The minimum absolute atomic E-state index is 0.00896. The van der Waals surface area contributed by atoms with Crippen molar-refractivity contribution in [2.75, 3.05) is 5.75 Å². The topological polar surface area (TPSA) is 72.2 Å². The summed E-state index contributed by atoms with van der Waals surface area (Å²) in [6.07, 6.45) is 5.18. The highest BCUT2D eigenvalue weighted by Gasteiger charge is 2.31. The van der Waals surface area contributed by atoms with E-state index in [2.05, 4.69) is 36.3 Å². The standard InChI is InChI=1S/C22H25N5OS3/c1-22(2,3)13-6-7-15-16(9-13)31-20-18(15)19-25-26-21(27(19)12-24-20)30-11-17(28)23-10-14-5-4-8-29-14/h4-5,8,12-13H,6-7,9-11H2,1-3H3,(H,23,28)/t13-/m1/s1. The maximum absolute atomic E-state index is 12.2. The Morgan fingerprint density at radius 1 is 1.35 bits per heavy atom. The molecule has 4 heterocycles. The molecule has 1 aliphatic carbocycles. The lowest BCUT2D eigenvalue weighted by Crippen LogP contribution is -2.26. The molecule has 5 rings (SSSR count). The highest BCUT2D eigenvalue weighted by molar-refractivity contribution is 7.99. The Morgan fingerprint density at radius 2 is 2.23 bits per heavy atom. The van der Waals surface area contributed by atoms with Crippen LogP contribution in [0.15, 0.2) is 29.0 Å². The van der Waals surface area contributed by atoms with Gasteiger partial charge in [-0.3, -0.25) is 9.20 Å². The predicted octanol–water partition coefficient (Wildman–Crippen LogP) is 4.96. The van der Waals surface area contributed by atoms with Crippen LogP contribution in [0.1, 0.15) is 42.5 Å². The molecule has 1 aliphatic rings. The Morgan fingerprint density at radius 3 is 3.00 bits per heavy atom. The number of aryl methyl sites for hydroxylation is 1. The van der Waals surface area contributed by atoms with Crippen molar-refractivity contribution >= 4 is 56.2 Å². The van der Waals surface area contributed by atoms with Crippen molar-refractivity contribution in [1.29, 1.82) is 0 Å². The highest BCUT2D eigenvalue weighted by Crippen LogP contribution is 2.43. The summed E-state index contributed by atoms with van der Waals surface area (Å²) >= 11 is 4.85. The molecule has 0 spiro atoms. The third kappa shape index (κ3) is 4.10. The van der Waals surface area contributed by atoms with E-state index in [0.717, 1.165) is 33.6 Å². The molecular formula is C22H25N5OS3. The van der Waals surface area contributed by atoms with Gasteiger partial charge in [0.2, 0.25) is 5.91 Å². The summed E-state index contributed by atoms with van der Waals surface area (Å²) in [6, 6.07) is 4.01. The molecular weight excluding hydrogens is 446 g/mol. The lowest BCUT2D eigenvalue weighted by molar-refractivity contribution is -0.118. The predicted molar refractivity (Wildman–Crippen MR) is 128 cm³/mol. The van der Waals surface area contributed by atoms with Gasteiger partial charge in [-0.15, -0.1) is 32.9 Å². The number of hydrogen-bond donors (Lipinski definition) is 1. The molecule has 0 unspecified atom stereocenters. The average Bonchev–Trinajstić information content (AvgIpc) is 3.46. The Kier molecular flexibility index (Phi) is 5.52. The Balaban J connectivity index is 1.35. The summed E-state index contributed by atoms with van der Waals surface area (Å²) in [5, 5.41) is 15.7. The third-order valence-electron chi connectivity index (χ3n) is 6.02. The van der Waals surface area contributed by atoms with Gasteiger partial charge in [-0.2, -0.15) is 0 Å². The fourth-order valence-electron chi connectivity index (χ4n) is 4.17. The number of amides is 1. The van der Waals surface area contributed by atoms with E-state index in [1.54, 1.807) is 29.0 Å². The molecule has 9 heteroatoms. The number of nitrogens with one attached hydrogen (secondary N) is 1. The quantitative estimate of drug-likeness (QED) is 0.417. The van der Waals surface area contributed by atoms with E-state index in [9.17, 15) is 4.79 Å². The van der Waals surface area contributed by atoms with E-state index in [1.165, 1.54) is 28.6 Å². The first kappa shape index (κ1) is 20.9. The van der Waals surface area contributed by atoms with Crippen molar-refractivity contribution in [1.82, 2.24) is 24.9 Å². The van der Waals surface area contributed by atoms with Gasteiger partial charge in [0.15, 0.2) is 10.8 Å². The van der Waals surface area contributed by atoms with E-state index in [4.69, 9.17) is 4.98 Å². The van der Waals surface area contributed by atoms with Crippen molar-refractivity contribution in [3.05, 3.63) is 39.2 Å². The van der Waals surface area contributed by atoms with E-state index < -0.39 is 0 Å². The van der Waals surface area contributed by atoms with Gasteiger partial charge in [0.1, 0.15) is 11.2 Å². The lowest BCUT2D eigenvalue weighted by atomic mass is 9.72. The van der Waals surface area contributed by atoms with Gasteiger partial charge in [-0.05, 0) is 47.6 Å². The van der Waals surface area contributed by atoms with Crippen molar-refractivity contribution in [2.45, 2.75) is 51.7 Å². The maximum Gasteiger partial charge on any atom is 0.230 e. The molecule has 1 amide bonds.